The van der Waals surface area contributed by atoms with Crippen LogP contribution in [0.4, 0.5) is 11.4 Å². The lowest BCUT2D eigenvalue weighted by molar-refractivity contribution is -0.384. The molecule has 5 heteroatoms. The van der Waals surface area contributed by atoms with Crippen LogP contribution in [0.15, 0.2) is 18.2 Å². The van der Waals surface area contributed by atoms with E-state index in [0.717, 1.165) is 17.8 Å². The van der Waals surface area contributed by atoms with Gasteiger partial charge in [0.1, 0.15) is 0 Å². The first-order valence-corrected chi connectivity index (χ1v) is 7.10. The number of non-ortho nitro benzene ring substituents is 1. The van der Waals surface area contributed by atoms with Crippen molar-refractivity contribution in [1.29, 1.82) is 0 Å². The van der Waals surface area contributed by atoms with E-state index in [4.69, 9.17) is 0 Å². The highest BCUT2D eigenvalue weighted by Gasteiger charge is 2.35. The van der Waals surface area contributed by atoms with Gasteiger partial charge >= 0.3 is 0 Å². The highest BCUT2D eigenvalue weighted by Crippen LogP contribution is 2.34. The zero-order valence-corrected chi connectivity index (χ0v) is 12.5. The molecule has 0 unspecified atom stereocenters. The van der Waals surface area contributed by atoms with E-state index < -0.39 is 0 Å². The molecule has 110 valence electrons. The molecule has 0 aromatic heterocycles. The van der Waals surface area contributed by atoms with Crippen LogP contribution in [0.1, 0.15) is 31.2 Å². The number of nitrogens with one attached hydrogen (secondary N) is 1. The van der Waals surface area contributed by atoms with E-state index >= 15 is 0 Å². The SMILES string of the molecule is Cc1cc(NCC2(N(C)C)CCCC2)cc([N+](=O)[O-])c1. The lowest BCUT2D eigenvalue weighted by atomic mass is 9.96. The summed E-state index contributed by atoms with van der Waals surface area (Å²) in [6, 6.07) is 5.18. The Labute approximate surface area is 120 Å². The molecular weight excluding hydrogens is 254 g/mol. The summed E-state index contributed by atoms with van der Waals surface area (Å²) in [4.78, 5) is 12.9. The van der Waals surface area contributed by atoms with Gasteiger partial charge in [0.25, 0.3) is 5.69 Å². The molecule has 1 fully saturated rings. The number of hydrogen-bond donors (Lipinski definition) is 1. The van der Waals surface area contributed by atoms with Crippen molar-refractivity contribution >= 4 is 11.4 Å². The molecule has 2 rings (SSSR count). The maximum Gasteiger partial charge on any atom is 0.271 e. The Kier molecular flexibility index (Phi) is 4.28. The summed E-state index contributed by atoms with van der Waals surface area (Å²) in [5, 5.41) is 14.3. The number of nitro groups is 1. The molecule has 0 spiro atoms. The van der Waals surface area contributed by atoms with Gasteiger partial charge in [-0.15, -0.1) is 0 Å². The normalized spacial score (nSPS) is 17.4. The molecule has 1 N–H and O–H groups in total. The van der Waals surface area contributed by atoms with Crippen molar-refractivity contribution in [2.45, 2.75) is 38.1 Å². The Balaban J connectivity index is 2.12. The highest BCUT2D eigenvalue weighted by molar-refractivity contribution is 5.54. The summed E-state index contributed by atoms with van der Waals surface area (Å²) < 4.78 is 0. The molecule has 1 aliphatic rings. The Bertz CT molecular complexity index is 494. The number of nitro benzene ring substituents is 1. The van der Waals surface area contributed by atoms with E-state index in [2.05, 4.69) is 24.3 Å². The van der Waals surface area contributed by atoms with Crippen molar-refractivity contribution in [2.24, 2.45) is 0 Å². The zero-order chi connectivity index (χ0) is 14.8. The number of benzene rings is 1. The van der Waals surface area contributed by atoms with Crippen LogP contribution in [0.5, 0.6) is 0 Å². The molecule has 0 aliphatic heterocycles. The van der Waals surface area contributed by atoms with Gasteiger partial charge in [0.2, 0.25) is 0 Å². The molecule has 0 amide bonds. The lowest BCUT2D eigenvalue weighted by Crippen LogP contribution is -2.47. The molecule has 5 nitrogen and oxygen atoms in total. The predicted octanol–water partition coefficient (Wildman–Crippen LogP) is 3.19. The molecule has 0 heterocycles. The fraction of sp³-hybridized carbons (Fsp3) is 0.600. The van der Waals surface area contributed by atoms with Crippen molar-refractivity contribution in [1.82, 2.24) is 4.90 Å². The van der Waals surface area contributed by atoms with Gasteiger partial charge in [-0.1, -0.05) is 12.8 Å². The fourth-order valence-electron chi connectivity index (χ4n) is 3.05. The highest BCUT2D eigenvalue weighted by atomic mass is 16.6. The summed E-state index contributed by atoms with van der Waals surface area (Å²) in [5.74, 6) is 0. The van der Waals surface area contributed by atoms with Crippen LogP contribution in [0.2, 0.25) is 0 Å². The van der Waals surface area contributed by atoms with E-state index in [1.807, 2.05) is 13.0 Å². The molecule has 1 aliphatic carbocycles. The second kappa shape index (κ2) is 5.79. The van der Waals surface area contributed by atoms with Gasteiger partial charge in [-0.25, -0.2) is 0 Å². The number of likely N-dealkylation sites (N-methyl/N-ethyl adjacent to an activating group) is 1. The first kappa shape index (κ1) is 14.8. The Morgan fingerprint density at radius 1 is 1.30 bits per heavy atom. The van der Waals surface area contributed by atoms with Crippen molar-refractivity contribution in [3.8, 4) is 0 Å². The Hall–Kier alpha value is -1.62. The third-order valence-electron chi connectivity index (χ3n) is 4.38. The monoisotopic (exact) mass is 277 g/mol. The van der Waals surface area contributed by atoms with Crippen LogP contribution in [-0.2, 0) is 0 Å². The van der Waals surface area contributed by atoms with E-state index in [9.17, 15) is 10.1 Å². The smallest absolute Gasteiger partial charge is 0.271 e. The fourth-order valence-corrected chi connectivity index (χ4v) is 3.05. The van der Waals surface area contributed by atoms with E-state index in [1.54, 1.807) is 12.1 Å². The molecule has 0 atom stereocenters. The number of aryl methyl sites for hydroxylation is 1. The van der Waals surface area contributed by atoms with Gasteiger partial charge in [-0.05, 0) is 45.5 Å². The van der Waals surface area contributed by atoms with Crippen molar-refractivity contribution in [3.05, 3.63) is 33.9 Å². The van der Waals surface area contributed by atoms with Crippen LogP contribution in [-0.4, -0.2) is 36.0 Å². The minimum atomic E-state index is -0.338. The molecular formula is C15H23N3O2. The van der Waals surface area contributed by atoms with Crippen LogP contribution in [0, 0.1) is 17.0 Å². The molecule has 1 aromatic rings. The first-order valence-electron chi connectivity index (χ1n) is 7.10. The number of nitrogens with zero attached hydrogens (tertiary/aromatic N) is 2. The summed E-state index contributed by atoms with van der Waals surface area (Å²) in [5.41, 5.74) is 2.08. The number of rotatable bonds is 5. The predicted molar refractivity (Wildman–Crippen MR) is 81.2 cm³/mol. The summed E-state index contributed by atoms with van der Waals surface area (Å²) >= 11 is 0. The maximum atomic E-state index is 10.9. The second-order valence-electron chi connectivity index (χ2n) is 5.99. The average molecular weight is 277 g/mol. The molecule has 1 saturated carbocycles. The minimum Gasteiger partial charge on any atom is -0.383 e. The van der Waals surface area contributed by atoms with Crippen molar-refractivity contribution in [3.63, 3.8) is 0 Å². The summed E-state index contributed by atoms with van der Waals surface area (Å²) in [6.07, 6.45) is 4.88. The molecule has 20 heavy (non-hydrogen) atoms. The van der Waals surface area contributed by atoms with Gasteiger partial charge in [0, 0.05) is 29.9 Å². The van der Waals surface area contributed by atoms with Gasteiger partial charge in [0.15, 0.2) is 0 Å². The Morgan fingerprint density at radius 2 is 1.95 bits per heavy atom. The van der Waals surface area contributed by atoms with E-state index in [1.165, 1.54) is 25.7 Å². The molecule has 0 saturated heterocycles. The zero-order valence-electron chi connectivity index (χ0n) is 12.5. The van der Waals surface area contributed by atoms with Gasteiger partial charge < -0.3 is 10.2 Å². The van der Waals surface area contributed by atoms with Gasteiger partial charge in [-0.3, -0.25) is 10.1 Å². The molecule has 0 bridgehead atoms. The average Bonchev–Trinajstić information content (AvgIpc) is 2.86. The molecule has 1 aromatic carbocycles. The van der Waals surface area contributed by atoms with Crippen LogP contribution in [0.3, 0.4) is 0 Å². The summed E-state index contributed by atoms with van der Waals surface area (Å²) in [7, 11) is 4.23. The van der Waals surface area contributed by atoms with Crippen LogP contribution < -0.4 is 5.32 Å². The van der Waals surface area contributed by atoms with Crippen LogP contribution in [0.25, 0.3) is 0 Å². The number of anilines is 1. The summed E-state index contributed by atoms with van der Waals surface area (Å²) in [6.45, 7) is 2.72. The van der Waals surface area contributed by atoms with Crippen LogP contribution >= 0.6 is 0 Å². The lowest BCUT2D eigenvalue weighted by Gasteiger charge is -2.36. The molecule has 0 radical (unpaired) electrons. The standard InChI is InChI=1S/C15H23N3O2/c1-12-8-13(10-14(9-12)18(19)20)16-11-15(17(2)3)6-4-5-7-15/h8-10,16H,4-7,11H2,1-3H3. The first-order chi connectivity index (χ1) is 9.43. The van der Waals surface area contributed by atoms with Gasteiger partial charge in [0.05, 0.1) is 4.92 Å². The Morgan fingerprint density at radius 3 is 2.50 bits per heavy atom. The van der Waals surface area contributed by atoms with Crippen molar-refractivity contribution < 1.29 is 4.92 Å². The quantitative estimate of drug-likeness (QED) is 0.663. The third kappa shape index (κ3) is 3.10. The van der Waals surface area contributed by atoms with Gasteiger partial charge in [-0.2, -0.15) is 0 Å². The maximum absolute atomic E-state index is 10.9. The van der Waals surface area contributed by atoms with Crippen molar-refractivity contribution in [2.75, 3.05) is 26.0 Å². The third-order valence-corrected chi connectivity index (χ3v) is 4.38. The van der Waals surface area contributed by atoms with E-state index in [-0.39, 0.29) is 16.1 Å². The largest absolute Gasteiger partial charge is 0.383 e. The second-order valence-corrected chi connectivity index (χ2v) is 5.99. The minimum absolute atomic E-state index is 0.151. The van der Waals surface area contributed by atoms with E-state index in [0.29, 0.717) is 0 Å². The topological polar surface area (TPSA) is 58.4 Å². The number of hydrogen-bond acceptors (Lipinski definition) is 4.